The van der Waals surface area contributed by atoms with Crippen LogP contribution < -0.4 is 10.0 Å². The standard InChI is InChI=1S/C32H31N5O5S/c1-3-37(4-2)32(40)26(30(38)36-43(41,42)25-18-15-22-9-5-6-10-23(22)20-25)19-21-13-16-24(17-14-21)33-31(39)29-34-27-11-7-8-12-28(27)35-29/h5-18,20,26H,3-4,19H2,1-2H3,(H,33,39)(H,34,35)(H,36,38). The molecule has 1 atom stereocenters. The van der Waals surface area contributed by atoms with Crippen LogP contribution in [0.1, 0.15) is 30.0 Å². The van der Waals surface area contributed by atoms with Gasteiger partial charge in [0.1, 0.15) is 5.92 Å². The number of hydrogen-bond donors (Lipinski definition) is 3. The van der Waals surface area contributed by atoms with Gasteiger partial charge in [-0.1, -0.05) is 54.6 Å². The summed E-state index contributed by atoms with van der Waals surface area (Å²) in [5.41, 5.74) is 2.52. The summed E-state index contributed by atoms with van der Waals surface area (Å²) in [7, 11) is -4.24. The van der Waals surface area contributed by atoms with Crippen LogP contribution in [0.2, 0.25) is 0 Å². The quantitative estimate of drug-likeness (QED) is 0.203. The van der Waals surface area contributed by atoms with E-state index in [1.54, 1.807) is 62.4 Å². The number of benzene rings is 4. The first-order valence-corrected chi connectivity index (χ1v) is 15.4. The molecule has 0 aliphatic carbocycles. The lowest BCUT2D eigenvalue weighted by molar-refractivity contribution is -0.141. The van der Waals surface area contributed by atoms with Gasteiger partial charge in [-0.05, 0) is 73.0 Å². The molecular weight excluding hydrogens is 566 g/mol. The average molecular weight is 598 g/mol. The minimum Gasteiger partial charge on any atom is -0.343 e. The van der Waals surface area contributed by atoms with Crippen molar-refractivity contribution >= 4 is 55.2 Å². The third kappa shape index (κ3) is 6.57. The molecule has 10 nitrogen and oxygen atoms in total. The molecule has 4 aromatic carbocycles. The first kappa shape index (κ1) is 29.5. The van der Waals surface area contributed by atoms with Crippen LogP contribution in [0.5, 0.6) is 0 Å². The van der Waals surface area contributed by atoms with E-state index in [0.29, 0.717) is 35.2 Å². The van der Waals surface area contributed by atoms with Gasteiger partial charge < -0.3 is 15.2 Å². The van der Waals surface area contributed by atoms with Gasteiger partial charge in [-0.15, -0.1) is 0 Å². The van der Waals surface area contributed by atoms with E-state index in [0.717, 1.165) is 10.9 Å². The second kappa shape index (κ2) is 12.5. The lowest BCUT2D eigenvalue weighted by Crippen LogP contribution is -2.46. The lowest BCUT2D eigenvalue weighted by Gasteiger charge is -2.24. The van der Waals surface area contributed by atoms with Crippen molar-refractivity contribution < 1.29 is 22.8 Å². The van der Waals surface area contributed by atoms with Gasteiger partial charge in [-0.2, -0.15) is 0 Å². The summed E-state index contributed by atoms with van der Waals surface area (Å²) >= 11 is 0. The molecule has 0 bridgehead atoms. The van der Waals surface area contributed by atoms with Gasteiger partial charge in [0.05, 0.1) is 15.9 Å². The van der Waals surface area contributed by atoms with Crippen LogP contribution in [0.25, 0.3) is 21.8 Å². The molecular formula is C32H31N5O5S. The van der Waals surface area contributed by atoms with Crippen molar-refractivity contribution in [1.82, 2.24) is 19.6 Å². The predicted octanol–water partition coefficient (Wildman–Crippen LogP) is 4.50. The number of H-pyrrole nitrogens is 1. The minimum absolute atomic E-state index is 0.0355. The van der Waals surface area contributed by atoms with Crippen molar-refractivity contribution in [3.8, 4) is 0 Å². The first-order chi connectivity index (χ1) is 20.7. The van der Waals surface area contributed by atoms with E-state index in [9.17, 15) is 22.8 Å². The first-order valence-electron chi connectivity index (χ1n) is 13.9. The van der Waals surface area contributed by atoms with E-state index in [2.05, 4.69) is 20.0 Å². The Hall–Kier alpha value is -5.03. The maximum absolute atomic E-state index is 13.4. The molecule has 0 radical (unpaired) electrons. The van der Waals surface area contributed by atoms with Crippen molar-refractivity contribution in [3.63, 3.8) is 0 Å². The molecule has 1 unspecified atom stereocenters. The van der Waals surface area contributed by atoms with Crippen molar-refractivity contribution in [2.24, 2.45) is 5.92 Å². The fourth-order valence-corrected chi connectivity index (χ4v) is 5.91. The largest absolute Gasteiger partial charge is 0.343 e. The van der Waals surface area contributed by atoms with Crippen molar-refractivity contribution in [2.45, 2.75) is 25.2 Å². The summed E-state index contributed by atoms with van der Waals surface area (Å²) in [4.78, 5) is 48.2. The zero-order valence-electron chi connectivity index (χ0n) is 23.7. The van der Waals surface area contributed by atoms with Crippen LogP contribution in [0, 0.1) is 5.92 Å². The fraction of sp³-hybridized carbons (Fsp3) is 0.188. The molecule has 0 saturated carbocycles. The molecule has 1 heterocycles. The number of para-hydroxylation sites is 2. The summed E-state index contributed by atoms with van der Waals surface area (Å²) in [6, 6.07) is 25.9. The van der Waals surface area contributed by atoms with Gasteiger partial charge in [0, 0.05) is 18.8 Å². The van der Waals surface area contributed by atoms with Gasteiger partial charge in [0.2, 0.25) is 11.8 Å². The number of hydrogen-bond acceptors (Lipinski definition) is 6. The maximum Gasteiger partial charge on any atom is 0.291 e. The molecule has 220 valence electrons. The van der Waals surface area contributed by atoms with Crippen molar-refractivity contribution in [1.29, 1.82) is 0 Å². The maximum atomic E-state index is 13.4. The van der Waals surface area contributed by atoms with E-state index in [1.165, 1.54) is 17.0 Å². The summed E-state index contributed by atoms with van der Waals surface area (Å²) < 4.78 is 28.5. The summed E-state index contributed by atoms with van der Waals surface area (Å²) in [5, 5.41) is 4.35. The number of rotatable bonds is 10. The van der Waals surface area contributed by atoms with Crippen LogP contribution in [0.3, 0.4) is 0 Å². The monoisotopic (exact) mass is 597 g/mol. The highest BCUT2D eigenvalue weighted by Gasteiger charge is 2.33. The number of sulfonamides is 1. The van der Waals surface area contributed by atoms with E-state index >= 15 is 0 Å². The van der Waals surface area contributed by atoms with Crippen LogP contribution >= 0.6 is 0 Å². The molecule has 11 heteroatoms. The highest BCUT2D eigenvalue weighted by Crippen LogP contribution is 2.21. The number of carbonyl (C=O) groups is 3. The van der Waals surface area contributed by atoms with Gasteiger partial charge in [-0.3, -0.25) is 14.4 Å². The van der Waals surface area contributed by atoms with Crippen LogP contribution in [-0.4, -0.2) is 54.1 Å². The van der Waals surface area contributed by atoms with Gasteiger partial charge in [0.15, 0.2) is 5.82 Å². The Labute approximate surface area is 249 Å². The Morgan fingerprint density at radius 2 is 1.53 bits per heavy atom. The lowest BCUT2D eigenvalue weighted by atomic mass is 9.97. The highest BCUT2D eigenvalue weighted by molar-refractivity contribution is 7.90. The van der Waals surface area contributed by atoms with Crippen molar-refractivity contribution in [3.05, 3.63) is 102 Å². The Bertz CT molecular complexity index is 1880. The molecule has 0 spiro atoms. The average Bonchev–Trinajstić information content (AvgIpc) is 3.45. The zero-order chi connectivity index (χ0) is 30.6. The van der Waals surface area contributed by atoms with Crippen LogP contribution in [0.15, 0.2) is 95.9 Å². The molecule has 5 aromatic rings. The molecule has 3 amide bonds. The summed E-state index contributed by atoms with van der Waals surface area (Å²) in [6.45, 7) is 4.32. The molecule has 43 heavy (non-hydrogen) atoms. The highest BCUT2D eigenvalue weighted by atomic mass is 32.2. The molecule has 1 aromatic heterocycles. The van der Waals surface area contributed by atoms with Crippen LogP contribution in [0.4, 0.5) is 5.69 Å². The number of carbonyl (C=O) groups excluding carboxylic acids is 3. The molecule has 0 aliphatic rings. The Kier molecular flexibility index (Phi) is 8.53. The normalized spacial score (nSPS) is 12.1. The van der Waals surface area contributed by atoms with Gasteiger partial charge in [-0.25, -0.2) is 18.1 Å². The number of anilines is 1. The second-order valence-electron chi connectivity index (χ2n) is 10.00. The smallest absolute Gasteiger partial charge is 0.291 e. The van der Waals surface area contributed by atoms with Gasteiger partial charge >= 0.3 is 0 Å². The zero-order valence-corrected chi connectivity index (χ0v) is 24.5. The number of aromatic nitrogens is 2. The SMILES string of the molecule is CCN(CC)C(=O)C(Cc1ccc(NC(=O)c2nc3ccccc3[nH]2)cc1)C(=O)NS(=O)(=O)c1ccc2ccccc2c1. The molecule has 0 saturated heterocycles. The number of fused-ring (bicyclic) bond motifs is 2. The second-order valence-corrected chi connectivity index (χ2v) is 11.7. The van der Waals surface area contributed by atoms with E-state index in [-0.39, 0.29) is 17.1 Å². The summed E-state index contributed by atoms with van der Waals surface area (Å²) in [5.74, 6) is -2.92. The van der Waals surface area contributed by atoms with Crippen LogP contribution in [-0.2, 0) is 26.0 Å². The number of amides is 3. The molecule has 0 fully saturated rings. The Balaban J connectivity index is 1.33. The number of aromatic amines is 1. The Morgan fingerprint density at radius 3 is 2.23 bits per heavy atom. The molecule has 5 rings (SSSR count). The van der Waals surface area contributed by atoms with E-state index in [1.807, 2.05) is 30.3 Å². The predicted molar refractivity (Wildman–Crippen MR) is 165 cm³/mol. The number of nitrogens with zero attached hydrogens (tertiary/aromatic N) is 2. The van der Waals surface area contributed by atoms with E-state index in [4.69, 9.17) is 0 Å². The van der Waals surface area contributed by atoms with Gasteiger partial charge in [0.25, 0.3) is 15.9 Å². The topological polar surface area (TPSA) is 141 Å². The molecule has 3 N–H and O–H groups in total. The summed E-state index contributed by atoms with van der Waals surface area (Å²) in [6.07, 6.45) is -0.0355. The number of imidazole rings is 1. The molecule has 0 aliphatic heterocycles. The van der Waals surface area contributed by atoms with Crippen molar-refractivity contribution in [2.75, 3.05) is 18.4 Å². The third-order valence-corrected chi connectivity index (χ3v) is 8.56. The number of nitrogens with one attached hydrogen (secondary N) is 3. The minimum atomic E-state index is -4.24. The Morgan fingerprint density at radius 1 is 0.860 bits per heavy atom. The van der Waals surface area contributed by atoms with E-state index < -0.39 is 33.7 Å². The fourth-order valence-electron chi connectivity index (χ4n) is 4.86. The third-order valence-electron chi connectivity index (χ3n) is 7.21.